The van der Waals surface area contributed by atoms with Crippen LogP contribution >= 0.6 is 36.7 Å². The van der Waals surface area contributed by atoms with Crippen LogP contribution in [0.5, 0.6) is 46.0 Å². The highest BCUT2D eigenvalue weighted by Crippen LogP contribution is 2.73. The Kier molecular flexibility index (Phi) is 29.7. The number of nitrogens with two attached hydrogens (primary N) is 3. The summed E-state index contributed by atoms with van der Waals surface area (Å²) in [7, 11) is 0. The van der Waals surface area contributed by atoms with Crippen molar-refractivity contribution in [3.8, 4) is 93.4 Å². The van der Waals surface area contributed by atoms with E-state index in [9.17, 15) is 30.0 Å². The van der Waals surface area contributed by atoms with Crippen LogP contribution in [0.25, 0.3) is 0 Å². The summed E-state index contributed by atoms with van der Waals surface area (Å²) >= 11 is 14.8. The van der Waals surface area contributed by atoms with Crippen molar-refractivity contribution in [1.82, 2.24) is 16.3 Å². The zero-order valence-corrected chi connectivity index (χ0v) is 89.1. The summed E-state index contributed by atoms with van der Waals surface area (Å²) < 4.78 is 45.4. The summed E-state index contributed by atoms with van der Waals surface area (Å²) in [6.45, 7) is 22.5. The standard InChI is InChI=1S/3C29H33N3O3S.C28H30O4.C3H6O.C2H6O/c3*1-3-11-29(33)12-10-23-21-7-4-17-13-19(31-32-27(30)36)6-8-20(17)26(21)22(15-28(23,29)2)18-5-9-24-25(14-18)35-16-34-24;1-3-11-28(30)12-10-23-21-7-4-17-13-19(29)6-8-20(17)26(21)22(15-27(23,28)2)18-5-9-24-25(14-18)32-16-31-24;1-3(2)4;1-2-3/h3*5,9,13-14,21-23,33H,4,6-8,10,12,15-16H2,1-2H3,(H3,30,32,36);5,9,13-14,21-23,30H,4,6-8,10,12,15-16H2,1-2H3;1-2H3;3H,2H2,1H3/t21-,22?,23-,28-,29-;2*21-,22+,23-,28-,29-;21-,22+,23-,27-,28-;;/m0000../s1. The molecule has 4 aromatic rings. The maximum Gasteiger partial charge on any atom is 0.231 e. The number of allylic oxidation sites excluding steroid dienone is 16. The van der Waals surface area contributed by atoms with E-state index in [-0.39, 0.29) is 106 Å². The number of ether oxygens (including phenoxy) is 8. The van der Waals surface area contributed by atoms with Crippen molar-refractivity contribution in [2.45, 2.75) is 302 Å². The molecule has 8 fully saturated rings. The molecule has 0 spiro atoms. The van der Waals surface area contributed by atoms with Crippen molar-refractivity contribution in [2.24, 2.45) is 102 Å². The van der Waals surface area contributed by atoms with Crippen LogP contribution < -0.4 is 71.4 Å². The number of ketones is 2. The Hall–Kier alpha value is -11.3. The summed E-state index contributed by atoms with van der Waals surface area (Å²) in [5.41, 5.74) is 45.5. The SMILES string of the molecule is CC#C[C@]1(O)CC[C@H]2[C@@H]3CCC4=CC(=NNC(N)=S)CCC4=C3C(c3ccc4c(c3)OCO4)C[C@@]21C.CC#C[C@]1(O)CC[C@H]2[C@@H]3CCC4=CC(=NNC(N)=S)CCC4=C3[C@@H](c3ccc4c(c3)OCO4)C[C@@]21C.CC#C[C@]1(O)CC[C@H]2[C@@H]3CCC4=CC(=NNC(N)=S)CCC4=C3[C@@H](c3ccc4c(c3)OCO4)C[C@@]21C.CC#C[C@]1(O)CC[C@H]2[C@@H]3CCC4=CC(=O)CCC4=C3[C@@H](c3ccc4c(c3)OCO4)C[C@@]21C.CC(C)=O.CCO. The molecule has 8 saturated carbocycles. The Morgan fingerprint density at radius 2 is 0.592 bits per heavy atom. The fourth-order valence-corrected chi connectivity index (χ4v) is 30.8. The lowest BCUT2D eigenvalue weighted by molar-refractivity contribution is -0.115. The minimum atomic E-state index is -0.952. The molecule has 0 bridgehead atoms. The second-order valence-corrected chi connectivity index (χ2v) is 45.9. The average Bonchev–Trinajstić information content (AvgIpc) is 1.59. The first kappa shape index (κ1) is 104. The lowest BCUT2D eigenvalue weighted by atomic mass is 9.51. The van der Waals surface area contributed by atoms with Crippen molar-refractivity contribution in [1.29, 1.82) is 0 Å². The summed E-state index contributed by atoms with van der Waals surface area (Å²) in [6.07, 6.45) is 34.3. The van der Waals surface area contributed by atoms with E-state index in [0.717, 1.165) is 236 Å². The van der Waals surface area contributed by atoms with Crippen LogP contribution in [0.4, 0.5) is 0 Å². The predicted molar refractivity (Wildman–Crippen MR) is 581 cm³/mol. The van der Waals surface area contributed by atoms with Crippen LogP contribution in [-0.4, -0.2) is 126 Å². The molecule has 1 unspecified atom stereocenters. The van der Waals surface area contributed by atoms with E-state index < -0.39 is 22.4 Å². The fraction of sp³-hybridized carbons (Fsp3) is 0.533. The van der Waals surface area contributed by atoms with Gasteiger partial charge in [0.15, 0.2) is 67.1 Å². The largest absolute Gasteiger partial charge is 0.454 e. The monoisotopic (exact) mass is 2040 g/mol. The smallest absolute Gasteiger partial charge is 0.231 e. The number of aliphatic hydroxyl groups is 5. The fourth-order valence-electron chi connectivity index (χ4n) is 30.7. The molecular weight excluding hydrogens is 1900 g/mol. The number of fused-ring (bicyclic) bond motifs is 20. The number of hydrogen-bond donors (Lipinski definition) is 11. The highest BCUT2D eigenvalue weighted by Gasteiger charge is 2.68. The lowest BCUT2D eigenvalue weighted by Crippen LogP contribution is -2.51. The second-order valence-electron chi connectivity index (χ2n) is 44.6. The number of carbonyl (C=O) groups excluding carboxylic acids is 2. The first-order chi connectivity index (χ1) is 70.6. The quantitative estimate of drug-likeness (QED) is 0.0465. The molecule has 20 atom stereocenters. The van der Waals surface area contributed by atoms with Crippen molar-refractivity contribution >= 4 is 80.7 Å². The zero-order valence-electron chi connectivity index (χ0n) is 86.6. The highest BCUT2D eigenvalue weighted by molar-refractivity contribution is 7.80. The van der Waals surface area contributed by atoms with Gasteiger partial charge in [-0.1, -0.05) is 97.9 Å². The number of carbonyl (C=O) groups is 2. The molecule has 20 aliphatic rings. The number of nitrogens with one attached hydrogen (secondary N) is 3. The van der Waals surface area contributed by atoms with E-state index >= 15 is 0 Å². The summed E-state index contributed by atoms with van der Waals surface area (Å²) in [5.74, 6) is 36.2. The topological polar surface area (TPSA) is 360 Å². The Labute approximate surface area is 881 Å². The number of nitrogens with zero attached hydrogens (tertiary/aromatic N) is 3. The van der Waals surface area contributed by atoms with Crippen LogP contribution in [-0.2, 0) is 9.59 Å². The second kappa shape index (κ2) is 41.9. The van der Waals surface area contributed by atoms with Crippen LogP contribution in [0, 0.1) is 116 Å². The summed E-state index contributed by atoms with van der Waals surface area (Å²) in [6, 6.07) is 25.4. The average molecular weight is 2050 g/mol. The number of hydrazone groups is 3. The molecule has 0 saturated heterocycles. The van der Waals surface area contributed by atoms with Crippen molar-refractivity contribution < 1.29 is 73.0 Å². The molecule has 774 valence electrons. The minimum absolute atomic E-state index is 0.167. The molecule has 0 aromatic heterocycles. The van der Waals surface area contributed by atoms with Crippen molar-refractivity contribution in [2.75, 3.05) is 33.8 Å². The summed E-state index contributed by atoms with van der Waals surface area (Å²) in [4.78, 5) is 21.6. The van der Waals surface area contributed by atoms with Crippen LogP contribution in [0.2, 0.25) is 0 Å². The van der Waals surface area contributed by atoms with Gasteiger partial charge in [-0.2, -0.15) is 15.3 Å². The van der Waals surface area contributed by atoms with E-state index in [4.69, 9.17) is 96.9 Å². The van der Waals surface area contributed by atoms with Gasteiger partial charge in [-0.15, -0.1) is 23.7 Å². The molecular formula is C120H141N9O15S3. The first-order valence-corrected chi connectivity index (χ1v) is 54.2. The normalized spacial score (nSPS) is 34.3. The van der Waals surface area contributed by atoms with E-state index in [1.54, 1.807) is 23.6 Å². The number of rotatable bonds is 7. The van der Waals surface area contributed by atoms with Gasteiger partial charge in [-0.05, 0) is 445 Å². The van der Waals surface area contributed by atoms with Crippen LogP contribution in [0.3, 0.4) is 0 Å². The molecule has 0 radical (unpaired) electrons. The molecule has 0 amide bonds. The first-order valence-electron chi connectivity index (χ1n) is 53.0. The molecule has 24 nitrogen and oxygen atoms in total. The van der Waals surface area contributed by atoms with Crippen molar-refractivity contribution in [3.63, 3.8) is 0 Å². The lowest BCUT2D eigenvalue weighted by Gasteiger charge is -2.53. The van der Waals surface area contributed by atoms with Crippen LogP contribution in [0.1, 0.15) is 302 Å². The van der Waals surface area contributed by atoms with Crippen LogP contribution in [0.15, 0.2) is 179 Å². The third kappa shape index (κ3) is 19.2. The molecule has 147 heavy (non-hydrogen) atoms. The van der Waals surface area contributed by atoms with Gasteiger partial charge in [0, 0.05) is 58.4 Å². The number of hydrogen-bond acceptors (Lipinski definition) is 21. The molecule has 27 heteroatoms. The number of Topliss-reactive ketones (excluding diaryl/α,β-unsaturated/α-hetero) is 1. The van der Waals surface area contributed by atoms with Gasteiger partial charge in [0.2, 0.25) is 27.2 Å². The minimum Gasteiger partial charge on any atom is -0.454 e. The third-order valence-electron chi connectivity index (χ3n) is 37.0. The Morgan fingerprint density at radius 1 is 0.367 bits per heavy atom. The Bertz CT molecular complexity index is 6220. The van der Waals surface area contributed by atoms with Gasteiger partial charge in [0.25, 0.3) is 0 Å². The van der Waals surface area contributed by atoms with E-state index in [2.05, 4.69) is 173 Å². The van der Waals surface area contributed by atoms with Gasteiger partial charge in [-0.3, -0.25) is 21.1 Å². The van der Waals surface area contributed by atoms with E-state index in [1.165, 1.54) is 86.3 Å². The Balaban J connectivity index is 0.000000121. The highest BCUT2D eigenvalue weighted by atomic mass is 32.1. The van der Waals surface area contributed by atoms with E-state index in [0.29, 0.717) is 53.8 Å². The molecule has 4 aromatic carbocycles. The number of aliphatic hydroxyl groups excluding tert-OH is 1. The molecule has 4 aliphatic heterocycles. The van der Waals surface area contributed by atoms with Gasteiger partial charge in [0.05, 0.1) is 17.1 Å². The Morgan fingerprint density at radius 3 is 0.823 bits per heavy atom. The summed E-state index contributed by atoms with van der Waals surface area (Å²) in [5, 5.41) is 68.6. The molecule has 16 aliphatic carbocycles. The number of thiocarbonyl (C=S) groups is 3. The van der Waals surface area contributed by atoms with E-state index in [1.807, 2.05) is 58.0 Å². The van der Waals surface area contributed by atoms with Gasteiger partial charge in [0.1, 0.15) is 28.2 Å². The molecule has 24 rings (SSSR count). The maximum atomic E-state index is 12.2. The predicted octanol–water partition coefficient (Wildman–Crippen LogP) is 19.7. The van der Waals surface area contributed by atoms with Gasteiger partial charge in [-0.25, -0.2) is 0 Å². The molecule has 4 heterocycles. The maximum absolute atomic E-state index is 12.2. The third-order valence-corrected chi connectivity index (χ3v) is 37.3. The molecule has 14 N–H and O–H groups in total. The van der Waals surface area contributed by atoms with Crippen molar-refractivity contribution in [3.05, 3.63) is 186 Å². The number of benzene rings is 4. The zero-order chi connectivity index (χ0) is 104. The van der Waals surface area contributed by atoms with Gasteiger partial charge >= 0.3 is 0 Å². The van der Waals surface area contributed by atoms with Gasteiger partial charge < -0.3 is 85.4 Å².